The molecule has 1 atom stereocenters. The molecule has 6 heteroatoms. The molecule has 130 valence electrons. The predicted molar refractivity (Wildman–Crippen MR) is 95.8 cm³/mol. The molecule has 0 saturated carbocycles. The Morgan fingerprint density at radius 1 is 1.20 bits per heavy atom. The molecule has 2 aromatic rings. The van der Waals surface area contributed by atoms with Crippen molar-refractivity contribution in [2.45, 2.75) is 45.1 Å². The highest BCUT2D eigenvalue weighted by Gasteiger charge is 2.56. The van der Waals surface area contributed by atoms with Crippen molar-refractivity contribution in [3.8, 4) is 0 Å². The first-order valence-corrected chi connectivity index (χ1v) is 8.45. The summed E-state index contributed by atoms with van der Waals surface area (Å²) in [4.78, 5) is 27.6. The molecule has 1 N–H and O–H groups in total. The van der Waals surface area contributed by atoms with Gasteiger partial charge in [0.1, 0.15) is 11.2 Å². The minimum atomic E-state index is -0.989. The van der Waals surface area contributed by atoms with E-state index < -0.39 is 5.41 Å². The van der Waals surface area contributed by atoms with Gasteiger partial charge in [0.15, 0.2) is 0 Å². The first kappa shape index (κ1) is 15.9. The molecule has 25 heavy (non-hydrogen) atoms. The maximum Gasteiger partial charge on any atom is 0.242 e. The average molecular weight is 338 g/mol. The third kappa shape index (κ3) is 1.88. The summed E-state index contributed by atoms with van der Waals surface area (Å²) in [5, 5.41) is 7.45. The van der Waals surface area contributed by atoms with Crippen LogP contribution < -0.4 is 10.2 Å². The summed E-state index contributed by atoms with van der Waals surface area (Å²) in [6, 6.07) is 5.90. The fourth-order valence-electron chi connectivity index (χ4n) is 4.18. The monoisotopic (exact) mass is 338 g/mol. The van der Waals surface area contributed by atoms with Crippen LogP contribution >= 0.6 is 0 Å². The number of likely N-dealkylation sites (N-methyl/N-ethyl adjacent to an activating group) is 1. The molecule has 2 aliphatic heterocycles. The first-order chi connectivity index (χ1) is 11.7. The number of aryl methyl sites for hydroxylation is 1. The summed E-state index contributed by atoms with van der Waals surface area (Å²) in [6.07, 6.45) is 1.85. The maximum atomic E-state index is 13.4. The van der Waals surface area contributed by atoms with Gasteiger partial charge in [-0.2, -0.15) is 5.10 Å². The van der Waals surface area contributed by atoms with E-state index in [1.807, 2.05) is 45.9 Å². The van der Waals surface area contributed by atoms with Crippen molar-refractivity contribution in [1.29, 1.82) is 0 Å². The molecular weight excluding hydrogens is 316 g/mol. The van der Waals surface area contributed by atoms with Crippen LogP contribution in [0.3, 0.4) is 0 Å². The van der Waals surface area contributed by atoms with Crippen LogP contribution in [0, 0.1) is 6.92 Å². The number of amides is 2. The average Bonchev–Trinajstić information content (AvgIpc) is 3.03. The van der Waals surface area contributed by atoms with Gasteiger partial charge < -0.3 is 10.2 Å². The van der Waals surface area contributed by atoms with Gasteiger partial charge in [-0.25, -0.2) is 4.68 Å². The van der Waals surface area contributed by atoms with Crippen LogP contribution in [0.15, 0.2) is 24.4 Å². The standard InChI is InChI=1S/C19H22N4O2/c1-11-7-6-8-12-15(11)22(5)17(25)19(12)9-14(24)21-16-13(19)10-20-23(16)18(2,3)4/h6-8,10H,9H2,1-5H3,(H,21,24). The molecule has 0 saturated heterocycles. The fraction of sp³-hybridized carbons (Fsp3) is 0.421. The summed E-state index contributed by atoms with van der Waals surface area (Å²) >= 11 is 0. The second kappa shape index (κ2) is 4.71. The number of rotatable bonds is 0. The van der Waals surface area contributed by atoms with E-state index >= 15 is 0 Å². The van der Waals surface area contributed by atoms with Gasteiger partial charge in [0.05, 0.1) is 17.4 Å². The predicted octanol–water partition coefficient (Wildman–Crippen LogP) is 2.55. The van der Waals surface area contributed by atoms with Gasteiger partial charge in [-0.05, 0) is 38.8 Å². The van der Waals surface area contributed by atoms with E-state index in [-0.39, 0.29) is 23.8 Å². The molecule has 1 spiro atoms. The van der Waals surface area contributed by atoms with Gasteiger partial charge >= 0.3 is 0 Å². The first-order valence-electron chi connectivity index (χ1n) is 8.45. The van der Waals surface area contributed by atoms with E-state index in [9.17, 15) is 9.59 Å². The number of nitrogens with one attached hydrogen (secondary N) is 1. The summed E-state index contributed by atoms with van der Waals surface area (Å²) in [7, 11) is 1.78. The fourth-order valence-corrected chi connectivity index (χ4v) is 4.18. The Balaban J connectivity index is 2.06. The Hall–Kier alpha value is -2.63. The second-order valence-corrected chi connectivity index (χ2v) is 7.96. The number of para-hydroxylation sites is 1. The van der Waals surface area contributed by atoms with Crippen molar-refractivity contribution in [3.63, 3.8) is 0 Å². The molecule has 0 bridgehead atoms. The summed E-state index contributed by atoms with van der Waals surface area (Å²) in [5.74, 6) is 0.399. The van der Waals surface area contributed by atoms with Crippen LogP contribution in [0.5, 0.6) is 0 Å². The number of hydrogen-bond donors (Lipinski definition) is 1. The van der Waals surface area contributed by atoms with Gasteiger partial charge in [-0.1, -0.05) is 18.2 Å². The maximum absolute atomic E-state index is 13.4. The van der Waals surface area contributed by atoms with Crippen LogP contribution in [-0.2, 0) is 20.5 Å². The number of carbonyl (C=O) groups is 2. The van der Waals surface area contributed by atoms with Crippen LogP contribution in [0.1, 0.15) is 43.9 Å². The molecule has 1 aromatic carbocycles. The Labute approximate surface area is 146 Å². The van der Waals surface area contributed by atoms with Gasteiger partial charge in [0, 0.05) is 19.0 Å². The molecule has 6 nitrogen and oxygen atoms in total. The highest BCUT2D eigenvalue weighted by atomic mass is 16.2. The molecule has 0 radical (unpaired) electrons. The molecule has 0 fully saturated rings. The zero-order chi connectivity index (χ0) is 18.1. The van der Waals surface area contributed by atoms with Gasteiger partial charge in [-0.15, -0.1) is 0 Å². The van der Waals surface area contributed by atoms with E-state index in [1.54, 1.807) is 22.8 Å². The van der Waals surface area contributed by atoms with Crippen LogP contribution in [0.4, 0.5) is 11.5 Å². The highest BCUT2D eigenvalue weighted by Crippen LogP contribution is 2.52. The summed E-state index contributed by atoms with van der Waals surface area (Å²) in [5.41, 5.74) is 2.31. The van der Waals surface area contributed by atoms with Gasteiger partial charge in [0.25, 0.3) is 0 Å². The topological polar surface area (TPSA) is 67.2 Å². The zero-order valence-electron chi connectivity index (χ0n) is 15.2. The Morgan fingerprint density at radius 3 is 2.60 bits per heavy atom. The SMILES string of the molecule is Cc1cccc2c1N(C)C(=O)C21CC(=O)Nc2c1cnn2C(C)(C)C. The second-order valence-electron chi connectivity index (χ2n) is 7.96. The van der Waals surface area contributed by atoms with Gasteiger partial charge in [0.2, 0.25) is 11.8 Å². The van der Waals surface area contributed by atoms with E-state index in [1.165, 1.54) is 0 Å². The molecule has 4 rings (SSSR count). The lowest BCUT2D eigenvalue weighted by molar-refractivity contribution is -0.126. The lowest BCUT2D eigenvalue weighted by Crippen LogP contribution is -2.46. The Kier molecular flexibility index (Phi) is 2.99. The number of aromatic nitrogens is 2. The van der Waals surface area contributed by atoms with Crippen molar-refractivity contribution in [3.05, 3.63) is 41.1 Å². The number of fused-ring (bicyclic) bond motifs is 4. The molecule has 0 aliphatic carbocycles. The largest absolute Gasteiger partial charge is 0.314 e. The smallest absolute Gasteiger partial charge is 0.242 e. The number of carbonyl (C=O) groups excluding carboxylic acids is 2. The van der Waals surface area contributed by atoms with Gasteiger partial charge in [-0.3, -0.25) is 9.59 Å². The zero-order valence-corrected chi connectivity index (χ0v) is 15.2. The molecular formula is C19H22N4O2. The van der Waals surface area contributed by atoms with Crippen molar-refractivity contribution >= 4 is 23.3 Å². The molecule has 1 unspecified atom stereocenters. The Bertz CT molecular complexity index is 922. The van der Waals surface area contributed by atoms with E-state index in [4.69, 9.17) is 0 Å². The summed E-state index contributed by atoms with van der Waals surface area (Å²) in [6.45, 7) is 8.06. The van der Waals surface area contributed by atoms with Crippen LogP contribution in [0.2, 0.25) is 0 Å². The molecule has 1 aromatic heterocycles. The molecule has 2 aliphatic rings. The number of anilines is 2. The Morgan fingerprint density at radius 2 is 1.92 bits per heavy atom. The minimum Gasteiger partial charge on any atom is -0.314 e. The third-order valence-corrected chi connectivity index (χ3v) is 5.25. The van der Waals surface area contributed by atoms with E-state index in [0.717, 1.165) is 22.4 Å². The molecule has 2 amide bonds. The third-order valence-electron chi connectivity index (χ3n) is 5.25. The van der Waals surface area contributed by atoms with E-state index in [0.29, 0.717) is 5.82 Å². The van der Waals surface area contributed by atoms with Crippen molar-refractivity contribution in [1.82, 2.24) is 9.78 Å². The number of nitrogens with zero attached hydrogens (tertiary/aromatic N) is 3. The quantitative estimate of drug-likeness (QED) is 0.803. The number of benzene rings is 1. The number of hydrogen-bond acceptors (Lipinski definition) is 3. The van der Waals surface area contributed by atoms with Crippen molar-refractivity contribution in [2.24, 2.45) is 0 Å². The normalized spacial score (nSPS) is 22.2. The lowest BCUT2D eigenvalue weighted by atomic mass is 9.71. The van der Waals surface area contributed by atoms with Crippen LogP contribution in [0.25, 0.3) is 0 Å². The molecule has 3 heterocycles. The van der Waals surface area contributed by atoms with E-state index in [2.05, 4.69) is 10.4 Å². The minimum absolute atomic E-state index is 0.0682. The summed E-state index contributed by atoms with van der Waals surface area (Å²) < 4.78 is 1.79. The highest BCUT2D eigenvalue weighted by molar-refractivity contribution is 6.15. The van der Waals surface area contributed by atoms with Crippen molar-refractivity contribution in [2.75, 3.05) is 17.3 Å². The van der Waals surface area contributed by atoms with Crippen molar-refractivity contribution < 1.29 is 9.59 Å². The lowest BCUT2D eigenvalue weighted by Gasteiger charge is -2.33. The van der Waals surface area contributed by atoms with Crippen LogP contribution in [-0.4, -0.2) is 28.6 Å².